The maximum Gasteiger partial charge on any atom is 0.244 e. The van der Waals surface area contributed by atoms with E-state index >= 15 is 0 Å². The summed E-state index contributed by atoms with van der Waals surface area (Å²) in [5.41, 5.74) is 0.0227. The number of carbonyl (C=O) groups excluding carboxylic acids is 1. The molecule has 0 aliphatic heterocycles. The van der Waals surface area contributed by atoms with Gasteiger partial charge < -0.3 is 15.2 Å². The molecule has 2 rings (SSSR count). The number of hydrogen-bond acceptors (Lipinski definition) is 3. The molecule has 0 atom stereocenters. The van der Waals surface area contributed by atoms with Crippen molar-refractivity contribution >= 4 is 23.6 Å². The monoisotopic (exact) mass is 295 g/mol. The third-order valence-corrected chi connectivity index (χ3v) is 3.72. The van der Waals surface area contributed by atoms with Gasteiger partial charge in [-0.25, -0.2) is 0 Å². The van der Waals surface area contributed by atoms with E-state index in [4.69, 9.17) is 16.3 Å². The molecule has 108 valence electrons. The Hall–Kier alpha value is -1.52. The molecule has 0 aromatic heterocycles. The Bertz CT molecular complexity index is 524. The van der Waals surface area contributed by atoms with E-state index in [0.29, 0.717) is 17.3 Å². The van der Waals surface area contributed by atoms with Gasteiger partial charge in [0.2, 0.25) is 5.91 Å². The van der Waals surface area contributed by atoms with Gasteiger partial charge in [-0.1, -0.05) is 11.6 Å². The molecule has 0 spiro atoms. The summed E-state index contributed by atoms with van der Waals surface area (Å²) in [5.74, 6) is 0.406. The topological polar surface area (TPSA) is 58.6 Å². The second-order valence-electron chi connectivity index (χ2n) is 5.02. The van der Waals surface area contributed by atoms with Gasteiger partial charge in [0, 0.05) is 23.2 Å². The van der Waals surface area contributed by atoms with Crippen LogP contribution in [0.1, 0.15) is 24.8 Å². The molecule has 0 unspecified atom stereocenters. The molecule has 1 amide bonds. The maximum absolute atomic E-state index is 11.7. The summed E-state index contributed by atoms with van der Waals surface area (Å²) in [7, 11) is 1.56. The number of methoxy groups -OCH3 is 1. The van der Waals surface area contributed by atoms with Crippen LogP contribution in [0.4, 0.5) is 0 Å². The highest BCUT2D eigenvalue weighted by molar-refractivity contribution is 6.30. The van der Waals surface area contributed by atoms with Crippen LogP contribution in [-0.4, -0.2) is 30.3 Å². The van der Waals surface area contributed by atoms with Crippen LogP contribution < -0.4 is 10.1 Å². The fourth-order valence-corrected chi connectivity index (χ4v) is 2.25. The normalized spacial score (nSPS) is 16.8. The van der Waals surface area contributed by atoms with Crippen LogP contribution in [0.15, 0.2) is 24.3 Å². The van der Waals surface area contributed by atoms with Crippen LogP contribution in [0.3, 0.4) is 0 Å². The van der Waals surface area contributed by atoms with Gasteiger partial charge in [0.15, 0.2) is 0 Å². The second-order valence-corrected chi connectivity index (χ2v) is 5.45. The van der Waals surface area contributed by atoms with Crippen molar-refractivity contribution < 1.29 is 14.6 Å². The molecular formula is C15H18ClNO3. The second kappa shape index (κ2) is 6.29. The van der Waals surface area contributed by atoms with Gasteiger partial charge in [0.1, 0.15) is 5.75 Å². The molecular weight excluding hydrogens is 278 g/mol. The number of halogens is 1. The fraction of sp³-hybridized carbons (Fsp3) is 0.400. The minimum Gasteiger partial charge on any atom is -0.496 e. The average molecular weight is 296 g/mol. The molecule has 1 saturated carbocycles. The molecule has 1 fully saturated rings. The third kappa shape index (κ3) is 3.74. The Balaban J connectivity index is 1.94. The summed E-state index contributed by atoms with van der Waals surface area (Å²) >= 11 is 5.91. The Morgan fingerprint density at radius 2 is 2.30 bits per heavy atom. The summed E-state index contributed by atoms with van der Waals surface area (Å²) in [5, 5.41) is 13.2. The predicted molar refractivity (Wildman–Crippen MR) is 78.8 cm³/mol. The number of benzene rings is 1. The fourth-order valence-electron chi connectivity index (χ4n) is 2.07. The van der Waals surface area contributed by atoms with Gasteiger partial charge in [-0.2, -0.15) is 0 Å². The van der Waals surface area contributed by atoms with E-state index in [1.807, 2.05) is 0 Å². The van der Waals surface area contributed by atoms with E-state index in [-0.39, 0.29) is 5.91 Å². The number of nitrogens with one attached hydrogen (secondary N) is 1. The Labute approximate surface area is 123 Å². The number of carbonyl (C=O) groups is 1. The van der Waals surface area contributed by atoms with E-state index in [9.17, 15) is 9.90 Å². The van der Waals surface area contributed by atoms with Crippen LogP contribution in [0.25, 0.3) is 6.08 Å². The standard InChI is InChI=1S/C15H18ClNO3/c1-20-13-5-4-12(16)9-11(13)3-6-14(18)17-10-15(19)7-2-8-15/h3-6,9,19H,2,7-8,10H2,1H3,(H,17,18). The lowest BCUT2D eigenvalue weighted by atomic mass is 9.80. The van der Waals surface area contributed by atoms with Crippen LogP contribution in [0, 0.1) is 0 Å². The van der Waals surface area contributed by atoms with Crippen molar-refractivity contribution in [1.29, 1.82) is 0 Å². The molecule has 1 aromatic carbocycles. The molecule has 4 nitrogen and oxygen atoms in total. The van der Waals surface area contributed by atoms with Crippen LogP contribution in [0.5, 0.6) is 5.75 Å². The summed E-state index contributed by atoms with van der Waals surface area (Å²) in [4.78, 5) is 11.7. The lowest BCUT2D eigenvalue weighted by Gasteiger charge is -2.36. The molecule has 2 N–H and O–H groups in total. The van der Waals surface area contributed by atoms with Crippen molar-refractivity contribution in [3.05, 3.63) is 34.9 Å². The summed E-state index contributed by atoms with van der Waals surface area (Å²) in [6, 6.07) is 5.20. The van der Waals surface area contributed by atoms with E-state index < -0.39 is 5.60 Å². The van der Waals surface area contributed by atoms with E-state index in [1.165, 1.54) is 6.08 Å². The molecule has 1 aliphatic carbocycles. The predicted octanol–water partition coefficient (Wildman–Crippen LogP) is 2.39. The number of rotatable bonds is 5. The Morgan fingerprint density at radius 1 is 1.55 bits per heavy atom. The molecule has 0 radical (unpaired) electrons. The van der Waals surface area contributed by atoms with E-state index in [0.717, 1.165) is 24.8 Å². The Kier molecular flexibility index (Phi) is 4.68. The highest BCUT2D eigenvalue weighted by atomic mass is 35.5. The summed E-state index contributed by atoms with van der Waals surface area (Å²) in [6.07, 6.45) is 5.57. The first kappa shape index (κ1) is 14.9. The van der Waals surface area contributed by atoms with Gasteiger partial charge in [-0.15, -0.1) is 0 Å². The number of amides is 1. The van der Waals surface area contributed by atoms with Crippen LogP contribution in [0.2, 0.25) is 5.02 Å². The van der Waals surface area contributed by atoms with Crippen molar-refractivity contribution in [2.24, 2.45) is 0 Å². The zero-order valence-electron chi connectivity index (χ0n) is 11.4. The number of hydrogen-bond donors (Lipinski definition) is 2. The SMILES string of the molecule is COc1ccc(Cl)cc1C=CC(=O)NCC1(O)CCC1. The highest BCUT2D eigenvalue weighted by Crippen LogP contribution is 2.30. The zero-order valence-corrected chi connectivity index (χ0v) is 12.1. The van der Waals surface area contributed by atoms with Gasteiger partial charge in [-0.05, 0) is 43.5 Å². The first-order valence-electron chi connectivity index (χ1n) is 6.54. The Morgan fingerprint density at radius 3 is 2.90 bits per heavy atom. The van der Waals surface area contributed by atoms with Gasteiger partial charge >= 0.3 is 0 Å². The van der Waals surface area contributed by atoms with Crippen molar-refractivity contribution in [3.63, 3.8) is 0 Å². The van der Waals surface area contributed by atoms with Crippen molar-refractivity contribution in [3.8, 4) is 5.75 Å². The third-order valence-electron chi connectivity index (χ3n) is 3.48. The van der Waals surface area contributed by atoms with Gasteiger partial charge in [-0.3, -0.25) is 4.79 Å². The highest BCUT2D eigenvalue weighted by Gasteiger charge is 2.34. The minimum absolute atomic E-state index is 0.243. The number of aliphatic hydroxyl groups is 1. The lowest BCUT2D eigenvalue weighted by Crippen LogP contribution is -2.47. The van der Waals surface area contributed by atoms with Crippen molar-refractivity contribution in [2.75, 3.05) is 13.7 Å². The maximum atomic E-state index is 11.7. The molecule has 1 aliphatic rings. The van der Waals surface area contributed by atoms with E-state index in [1.54, 1.807) is 31.4 Å². The minimum atomic E-state index is -0.711. The zero-order chi connectivity index (χ0) is 14.6. The number of ether oxygens (including phenoxy) is 1. The largest absolute Gasteiger partial charge is 0.496 e. The smallest absolute Gasteiger partial charge is 0.244 e. The van der Waals surface area contributed by atoms with Gasteiger partial charge in [0.05, 0.1) is 12.7 Å². The first-order valence-corrected chi connectivity index (χ1v) is 6.92. The van der Waals surface area contributed by atoms with Gasteiger partial charge in [0.25, 0.3) is 0 Å². The first-order chi connectivity index (χ1) is 9.52. The lowest BCUT2D eigenvalue weighted by molar-refractivity contribution is -0.118. The molecule has 5 heteroatoms. The summed E-state index contributed by atoms with van der Waals surface area (Å²) < 4.78 is 5.19. The quantitative estimate of drug-likeness (QED) is 0.820. The molecule has 0 bridgehead atoms. The van der Waals surface area contributed by atoms with Crippen molar-refractivity contribution in [1.82, 2.24) is 5.32 Å². The van der Waals surface area contributed by atoms with Crippen molar-refractivity contribution in [2.45, 2.75) is 24.9 Å². The van der Waals surface area contributed by atoms with E-state index in [2.05, 4.69) is 5.32 Å². The molecule has 20 heavy (non-hydrogen) atoms. The molecule has 0 heterocycles. The molecule has 1 aromatic rings. The van der Waals surface area contributed by atoms with Crippen LogP contribution >= 0.6 is 11.6 Å². The molecule has 0 saturated heterocycles. The average Bonchev–Trinajstić information content (AvgIpc) is 2.41. The van der Waals surface area contributed by atoms with Crippen LogP contribution in [-0.2, 0) is 4.79 Å². The summed E-state index contributed by atoms with van der Waals surface area (Å²) in [6.45, 7) is 0.294.